The van der Waals surface area contributed by atoms with Crippen molar-refractivity contribution in [2.24, 2.45) is 0 Å². The van der Waals surface area contributed by atoms with Crippen LogP contribution in [-0.4, -0.2) is 25.9 Å². The van der Waals surface area contributed by atoms with Crippen LogP contribution in [-0.2, 0) is 11.3 Å². The standard InChI is InChI=1S/C13H9FN4O2S/c14-9-1-3-10(4-2-9)18-16-6-12(17-18)13(19)20-7-11-5-15-8-21-11/h1-6,8H,7H2. The number of hydrogen-bond acceptors (Lipinski definition) is 6. The summed E-state index contributed by atoms with van der Waals surface area (Å²) in [6.45, 7) is 0.146. The minimum Gasteiger partial charge on any atom is -0.455 e. The van der Waals surface area contributed by atoms with Gasteiger partial charge in [0.05, 0.1) is 22.3 Å². The lowest BCUT2D eigenvalue weighted by Crippen LogP contribution is -2.07. The van der Waals surface area contributed by atoms with Crippen LogP contribution in [0.5, 0.6) is 0 Å². The summed E-state index contributed by atoms with van der Waals surface area (Å²) >= 11 is 1.40. The molecule has 0 aliphatic carbocycles. The van der Waals surface area contributed by atoms with Crippen molar-refractivity contribution in [2.75, 3.05) is 0 Å². The van der Waals surface area contributed by atoms with Gasteiger partial charge < -0.3 is 4.74 Å². The van der Waals surface area contributed by atoms with Gasteiger partial charge in [-0.25, -0.2) is 9.18 Å². The zero-order chi connectivity index (χ0) is 14.7. The van der Waals surface area contributed by atoms with Crippen LogP contribution in [0.25, 0.3) is 5.69 Å². The summed E-state index contributed by atoms with van der Waals surface area (Å²) in [5.74, 6) is -0.924. The van der Waals surface area contributed by atoms with Crippen molar-refractivity contribution in [2.45, 2.75) is 6.61 Å². The molecule has 106 valence electrons. The molecule has 6 nitrogen and oxygen atoms in total. The number of halogens is 1. The molecule has 0 atom stereocenters. The molecule has 3 rings (SSSR count). The molecule has 0 aliphatic heterocycles. The Morgan fingerprint density at radius 1 is 1.29 bits per heavy atom. The second-order valence-electron chi connectivity index (χ2n) is 4.04. The molecule has 2 heterocycles. The molecule has 1 aromatic carbocycles. The molecule has 0 amide bonds. The number of aromatic nitrogens is 4. The van der Waals surface area contributed by atoms with Crippen LogP contribution in [0, 0.1) is 5.82 Å². The van der Waals surface area contributed by atoms with E-state index in [0.29, 0.717) is 5.69 Å². The number of carbonyl (C=O) groups is 1. The van der Waals surface area contributed by atoms with Gasteiger partial charge in [-0.15, -0.1) is 16.4 Å². The molecule has 0 radical (unpaired) electrons. The first-order valence-electron chi connectivity index (χ1n) is 5.95. The average Bonchev–Trinajstić information content (AvgIpc) is 3.17. The van der Waals surface area contributed by atoms with Crippen LogP contribution in [0.4, 0.5) is 4.39 Å². The van der Waals surface area contributed by atoms with Gasteiger partial charge in [0.1, 0.15) is 12.4 Å². The first kappa shape index (κ1) is 13.4. The van der Waals surface area contributed by atoms with E-state index in [2.05, 4.69) is 15.2 Å². The van der Waals surface area contributed by atoms with Crippen molar-refractivity contribution in [1.29, 1.82) is 0 Å². The van der Waals surface area contributed by atoms with Gasteiger partial charge in [0.25, 0.3) is 0 Å². The fourth-order valence-corrected chi connectivity index (χ4v) is 2.09. The maximum absolute atomic E-state index is 12.8. The number of thiazole rings is 1. The Balaban J connectivity index is 1.69. The Hall–Kier alpha value is -2.61. The summed E-state index contributed by atoms with van der Waals surface area (Å²) in [5.41, 5.74) is 2.30. The molecule has 0 spiro atoms. The molecule has 21 heavy (non-hydrogen) atoms. The highest BCUT2D eigenvalue weighted by atomic mass is 32.1. The first-order valence-corrected chi connectivity index (χ1v) is 6.83. The highest BCUT2D eigenvalue weighted by molar-refractivity contribution is 7.09. The maximum atomic E-state index is 12.8. The van der Waals surface area contributed by atoms with Gasteiger partial charge >= 0.3 is 5.97 Å². The highest BCUT2D eigenvalue weighted by Gasteiger charge is 2.13. The van der Waals surface area contributed by atoms with Gasteiger partial charge in [-0.1, -0.05) is 0 Å². The Morgan fingerprint density at radius 3 is 2.81 bits per heavy atom. The second-order valence-corrected chi connectivity index (χ2v) is 5.01. The lowest BCUT2D eigenvalue weighted by molar-refractivity contribution is 0.0469. The Labute approximate surface area is 122 Å². The van der Waals surface area contributed by atoms with Crippen molar-refractivity contribution < 1.29 is 13.9 Å². The molecule has 2 aromatic heterocycles. The predicted octanol–water partition coefficient (Wildman–Crippen LogP) is 2.22. The summed E-state index contributed by atoms with van der Waals surface area (Å²) in [4.78, 5) is 17.8. The van der Waals surface area contributed by atoms with Gasteiger partial charge in [-0.2, -0.15) is 9.90 Å². The predicted molar refractivity (Wildman–Crippen MR) is 72.6 cm³/mol. The van der Waals surface area contributed by atoms with E-state index < -0.39 is 5.97 Å². The van der Waals surface area contributed by atoms with E-state index in [0.717, 1.165) is 4.88 Å². The highest BCUT2D eigenvalue weighted by Crippen LogP contribution is 2.10. The van der Waals surface area contributed by atoms with Crippen LogP contribution in [0.1, 0.15) is 15.4 Å². The molecule has 0 unspecified atom stereocenters. The SMILES string of the molecule is O=C(OCc1cncs1)c1cnn(-c2ccc(F)cc2)n1. The Kier molecular flexibility index (Phi) is 3.69. The monoisotopic (exact) mass is 304 g/mol. The topological polar surface area (TPSA) is 69.9 Å². The van der Waals surface area contributed by atoms with E-state index in [-0.39, 0.29) is 18.1 Å². The van der Waals surface area contributed by atoms with E-state index in [4.69, 9.17) is 4.74 Å². The number of nitrogens with zero attached hydrogens (tertiary/aromatic N) is 4. The number of rotatable bonds is 4. The van der Waals surface area contributed by atoms with Crippen molar-refractivity contribution >= 4 is 17.3 Å². The third-order valence-electron chi connectivity index (χ3n) is 2.59. The zero-order valence-corrected chi connectivity index (χ0v) is 11.5. The minimum absolute atomic E-state index is 0.0869. The largest absolute Gasteiger partial charge is 0.455 e. The number of benzene rings is 1. The molecule has 0 aliphatic rings. The van der Waals surface area contributed by atoms with Crippen LogP contribution in [0.15, 0.2) is 42.2 Å². The maximum Gasteiger partial charge on any atom is 0.360 e. The number of esters is 1. The van der Waals surface area contributed by atoms with Crippen LogP contribution < -0.4 is 0 Å². The molecule has 0 bridgehead atoms. The van der Waals surface area contributed by atoms with Gasteiger partial charge in [0, 0.05) is 6.20 Å². The van der Waals surface area contributed by atoms with Crippen LogP contribution >= 0.6 is 11.3 Å². The third kappa shape index (κ3) is 3.11. The normalized spacial score (nSPS) is 10.5. The van der Waals surface area contributed by atoms with Gasteiger partial charge in [-0.05, 0) is 24.3 Å². The van der Waals surface area contributed by atoms with E-state index in [1.54, 1.807) is 11.7 Å². The van der Waals surface area contributed by atoms with E-state index in [9.17, 15) is 9.18 Å². The summed E-state index contributed by atoms with van der Waals surface area (Å²) in [6, 6.07) is 5.62. The zero-order valence-electron chi connectivity index (χ0n) is 10.6. The number of hydrogen-bond donors (Lipinski definition) is 0. The molecule has 0 N–H and O–H groups in total. The Morgan fingerprint density at radius 2 is 2.10 bits per heavy atom. The molecule has 0 fully saturated rings. The summed E-state index contributed by atoms with van der Waals surface area (Å²) in [5, 5.41) is 7.96. The smallest absolute Gasteiger partial charge is 0.360 e. The lowest BCUT2D eigenvalue weighted by atomic mass is 10.3. The van der Waals surface area contributed by atoms with Gasteiger partial charge in [-0.3, -0.25) is 4.98 Å². The molecule has 3 aromatic rings. The van der Waals surface area contributed by atoms with E-state index in [1.807, 2.05) is 0 Å². The number of carbonyl (C=O) groups excluding carboxylic acids is 1. The molecular formula is C13H9FN4O2S. The van der Waals surface area contributed by atoms with Gasteiger partial charge in [0.2, 0.25) is 0 Å². The average molecular weight is 304 g/mol. The van der Waals surface area contributed by atoms with E-state index >= 15 is 0 Å². The minimum atomic E-state index is -0.572. The van der Waals surface area contributed by atoms with Crippen LogP contribution in [0.2, 0.25) is 0 Å². The molecular weight excluding hydrogens is 295 g/mol. The fraction of sp³-hybridized carbons (Fsp3) is 0.0769. The quantitative estimate of drug-likeness (QED) is 0.691. The summed E-state index contributed by atoms with van der Waals surface area (Å²) in [7, 11) is 0. The van der Waals surface area contributed by atoms with Crippen molar-refractivity contribution in [3.05, 3.63) is 58.6 Å². The third-order valence-corrected chi connectivity index (χ3v) is 3.34. The van der Waals surface area contributed by atoms with Gasteiger partial charge in [0.15, 0.2) is 5.69 Å². The Bertz CT molecular complexity index is 740. The lowest BCUT2D eigenvalue weighted by Gasteiger charge is -2.00. The van der Waals surface area contributed by atoms with Crippen molar-refractivity contribution in [3.8, 4) is 5.69 Å². The summed E-state index contributed by atoms with van der Waals surface area (Å²) in [6.07, 6.45) is 2.94. The van der Waals surface area contributed by atoms with Crippen molar-refractivity contribution in [1.82, 2.24) is 20.0 Å². The van der Waals surface area contributed by atoms with E-state index in [1.165, 1.54) is 46.6 Å². The number of ether oxygens (including phenoxy) is 1. The fourth-order valence-electron chi connectivity index (χ4n) is 1.58. The molecule has 0 saturated heterocycles. The second kappa shape index (κ2) is 5.80. The molecule has 0 saturated carbocycles. The van der Waals surface area contributed by atoms with Crippen molar-refractivity contribution in [3.63, 3.8) is 0 Å². The van der Waals surface area contributed by atoms with Crippen LogP contribution in [0.3, 0.4) is 0 Å². The molecule has 8 heteroatoms. The summed E-state index contributed by atoms with van der Waals surface area (Å²) < 4.78 is 17.9. The first-order chi connectivity index (χ1) is 10.2.